The van der Waals surface area contributed by atoms with Crippen molar-refractivity contribution >= 4 is 35.1 Å². The van der Waals surface area contributed by atoms with Crippen LogP contribution in [0, 0.1) is 12.8 Å². The van der Waals surface area contributed by atoms with Crippen LogP contribution in [-0.4, -0.2) is 40.8 Å². The van der Waals surface area contributed by atoms with Gasteiger partial charge in [-0.1, -0.05) is 68.8 Å². The number of carbonyl (C=O) groups is 3. The van der Waals surface area contributed by atoms with Gasteiger partial charge in [0, 0.05) is 24.8 Å². The second-order valence-corrected chi connectivity index (χ2v) is 12.3. The summed E-state index contributed by atoms with van der Waals surface area (Å²) in [5.41, 5.74) is 4.66. The van der Waals surface area contributed by atoms with E-state index in [0.29, 0.717) is 55.1 Å². The number of piperidine rings is 1. The molecule has 3 aromatic rings. The van der Waals surface area contributed by atoms with Crippen molar-refractivity contribution in [2.75, 3.05) is 18.5 Å². The molecule has 0 saturated carbocycles. The van der Waals surface area contributed by atoms with Crippen molar-refractivity contribution in [1.82, 2.24) is 9.88 Å². The van der Waals surface area contributed by atoms with Crippen LogP contribution >= 0.6 is 11.6 Å². The first-order valence-corrected chi connectivity index (χ1v) is 14.9. The molecule has 1 aromatic heterocycles. The monoisotopic (exact) mass is 589 g/mol. The van der Waals surface area contributed by atoms with Gasteiger partial charge < -0.3 is 15.0 Å². The van der Waals surface area contributed by atoms with Crippen LogP contribution in [0.3, 0.4) is 0 Å². The lowest BCUT2D eigenvalue weighted by molar-refractivity contribution is -0.143. The van der Waals surface area contributed by atoms with Crippen molar-refractivity contribution in [3.63, 3.8) is 0 Å². The van der Waals surface area contributed by atoms with Gasteiger partial charge in [0.25, 0.3) is 5.91 Å². The molecule has 1 saturated heterocycles. The standard InChI is InChI=1S/C34H40ClN3O4/c1-6-42-29(39)17-14-23-12-15-24(16-13-23)31-28(32(40)37-27-10-7-9-25(20-27)34(3,4)5)11-8-18-38(31)33(41)30-22(2)19-26(35)21-36-30/h7,9-10,12-13,15-16,19-21,28,31H,6,8,11,14,17-18H2,1-5H3,(H,37,40)/t28-,31-/m0/s1. The Hall–Kier alpha value is -3.71. The molecule has 1 aliphatic heterocycles. The fourth-order valence-corrected chi connectivity index (χ4v) is 5.68. The van der Waals surface area contributed by atoms with Gasteiger partial charge in [-0.15, -0.1) is 0 Å². The summed E-state index contributed by atoms with van der Waals surface area (Å²) < 4.78 is 5.06. The van der Waals surface area contributed by atoms with Crippen molar-refractivity contribution in [1.29, 1.82) is 0 Å². The number of hydrogen-bond donors (Lipinski definition) is 1. The molecule has 1 fully saturated rings. The molecule has 7 nitrogen and oxygen atoms in total. The Labute approximate surface area is 253 Å². The van der Waals surface area contributed by atoms with Crippen LogP contribution in [0.25, 0.3) is 0 Å². The minimum absolute atomic E-state index is 0.0597. The molecule has 1 aliphatic rings. The van der Waals surface area contributed by atoms with Gasteiger partial charge in [0.2, 0.25) is 5.91 Å². The van der Waals surface area contributed by atoms with E-state index in [-0.39, 0.29) is 23.2 Å². The lowest BCUT2D eigenvalue weighted by atomic mass is 9.83. The summed E-state index contributed by atoms with van der Waals surface area (Å²) >= 11 is 6.12. The highest BCUT2D eigenvalue weighted by Gasteiger charge is 2.40. The Morgan fingerprint density at radius 2 is 1.83 bits per heavy atom. The molecule has 4 rings (SSSR count). The van der Waals surface area contributed by atoms with Gasteiger partial charge >= 0.3 is 5.97 Å². The number of likely N-dealkylation sites (tertiary alicyclic amines) is 1. The zero-order valence-corrected chi connectivity index (χ0v) is 25.8. The quantitative estimate of drug-likeness (QED) is 0.284. The summed E-state index contributed by atoms with van der Waals surface area (Å²) in [6.07, 6.45) is 3.64. The molecule has 2 atom stereocenters. The van der Waals surface area contributed by atoms with E-state index in [1.165, 1.54) is 6.20 Å². The Kier molecular flexibility index (Phi) is 10.0. The number of anilines is 1. The van der Waals surface area contributed by atoms with Gasteiger partial charge in [-0.25, -0.2) is 4.98 Å². The molecular weight excluding hydrogens is 550 g/mol. The van der Waals surface area contributed by atoms with Crippen LogP contribution < -0.4 is 5.32 Å². The molecule has 0 spiro atoms. The smallest absolute Gasteiger partial charge is 0.306 e. The van der Waals surface area contributed by atoms with Gasteiger partial charge in [-0.2, -0.15) is 0 Å². The number of pyridine rings is 1. The summed E-state index contributed by atoms with van der Waals surface area (Å²) in [6.45, 7) is 10.9. The Morgan fingerprint density at radius 1 is 1.10 bits per heavy atom. The maximum atomic E-state index is 13.9. The van der Waals surface area contributed by atoms with E-state index in [0.717, 1.165) is 22.4 Å². The summed E-state index contributed by atoms with van der Waals surface area (Å²) in [5, 5.41) is 3.60. The SMILES string of the molecule is CCOC(=O)CCc1ccc([C@H]2[C@@H](C(=O)Nc3cccc(C(C)(C)C)c3)CCCN2C(=O)c2ncc(Cl)cc2C)cc1. The van der Waals surface area contributed by atoms with E-state index in [1.807, 2.05) is 49.4 Å². The summed E-state index contributed by atoms with van der Waals surface area (Å²) in [7, 11) is 0. The number of halogens is 1. The molecule has 42 heavy (non-hydrogen) atoms. The normalized spacial score (nSPS) is 17.0. The number of benzene rings is 2. The van der Waals surface area contributed by atoms with E-state index < -0.39 is 12.0 Å². The van der Waals surface area contributed by atoms with E-state index >= 15 is 0 Å². The van der Waals surface area contributed by atoms with Crippen LogP contribution in [0.5, 0.6) is 0 Å². The lowest BCUT2D eigenvalue weighted by Crippen LogP contribution is -2.46. The van der Waals surface area contributed by atoms with E-state index in [2.05, 4.69) is 37.1 Å². The fourth-order valence-electron chi connectivity index (χ4n) is 5.47. The van der Waals surface area contributed by atoms with Crippen LogP contribution in [0.1, 0.15) is 85.7 Å². The average molecular weight is 590 g/mol. The zero-order chi connectivity index (χ0) is 30.4. The number of aromatic nitrogens is 1. The third-order valence-corrected chi connectivity index (χ3v) is 7.92. The highest BCUT2D eigenvalue weighted by molar-refractivity contribution is 6.30. The third kappa shape index (κ3) is 7.57. The average Bonchev–Trinajstić information content (AvgIpc) is 2.95. The predicted molar refractivity (Wildman–Crippen MR) is 166 cm³/mol. The van der Waals surface area contributed by atoms with Gasteiger partial charge in [-0.3, -0.25) is 14.4 Å². The number of hydrogen-bond acceptors (Lipinski definition) is 5. The largest absolute Gasteiger partial charge is 0.466 e. The minimum atomic E-state index is -0.493. The molecule has 2 heterocycles. The van der Waals surface area contributed by atoms with Crippen LogP contribution in [0.2, 0.25) is 5.02 Å². The minimum Gasteiger partial charge on any atom is -0.466 e. The molecule has 2 aromatic carbocycles. The number of amides is 2. The van der Waals surface area contributed by atoms with Gasteiger partial charge in [-0.05, 0) is 79.0 Å². The van der Waals surface area contributed by atoms with E-state index in [1.54, 1.807) is 17.9 Å². The van der Waals surface area contributed by atoms with Crippen molar-refractivity contribution in [3.05, 3.63) is 93.8 Å². The first-order chi connectivity index (χ1) is 20.0. The summed E-state index contributed by atoms with van der Waals surface area (Å²) in [6, 6.07) is 17.0. The molecule has 222 valence electrons. The number of esters is 1. The molecule has 0 aliphatic carbocycles. The fraction of sp³-hybridized carbons (Fsp3) is 0.412. The van der Waals surface area contributed by atoms with Gasteiger partial charge in [0.05, 0.1) is 23.6 Å². The van der Waals surface area contributed by atoms with Crippen LogP contribution in [-0.2, 0) is 26.2 Å². The van der Waals surface area contributed by atoms with Crippen LogP contribution in [0.15, 0.2) is 60.8 Å². The van der Waals surface area contributed by atoms with E-state index in [9.17, 15) is 14.4 Å². The van der Waals surface area contributed by atoms with Crippen molar-refractivity contribution in [2.45, 2.75) is 71.8 Å². The molecule has 1 N–H and O–H groups in total. The predicted octanol–water partition coefficient (Wildman–Crippen LogP) is 7.07. The summed E-state index contributed by atoms with van der Waals surface area (Å²) in [5.74, 6) is -1.06. The molecule has 8 heteroatoms. The molecule has 0 unspecified atom stereocenters. The maximum absolute atomic E-state index is 13.9. The first kappa shape index (κ1) is 31.2. The Bertz CT molecular complexity index is 1430. The molecule has 2 amide bonds. The van der Waals surface area contributed by atoms with Gasteiger partial charge in [0.1, 0.15) is 5.69 Å². The lowest BCUT2D eigenvalue weighted by Gasteiger charge is -2.41. The van der Waals surface area contributed by atoms with Crippen molar-refractivity contribution in [3.8, 4) is 0 Å². The number of nitrogens with one attached hydrogen (secondary N) is 1. The number of carbonyl (C=O) groups excluding carboxylic acids is 3. The Morgan fingerprint density at radius 3 is 2.50 bits per heavy atom. The van der Waals surface area contributed by atoms with Crippen molar-refractivity contribution < 1.29 is 19.1 Å². The second-order valence-electron chi connectivity index (χ2n) is 11.9. The molecular formula is C34H40ClN3O4. The second kappa shape index (κ2) is 13.5. The number of aryl methyl sites for hydroxylation is 2. The number of nitrogens with zero attached hydrogens (tertiary/aromatic N) is 2. The molecule has 0 radical (unpaired) electrons. The zero-order valence-electron chi connectivity index (χ0n) is 25.1. The van der Waals surface area contributed by atoms with Crippen LogP contribution in [0.4, 0.5) is 5.69 Å². The molecule has 0 bridgehead atoms. The maximum Gasteiger partial charge on any atom is 0.306 e. The highest BCUT2D eigenvalue weighted by atomic mass is 35.5. The van der Waals surface area contributed by atoms with Gasteiger partial charge in [0.15, 0.2) is 0 Å². The topological polar surface area (TPSA) is 88.6 Å². The summed E-state index contributed by atoms with van der Waals surface area (Å²) in [4.78, 5) is 45.8. The number of rotatable bonds is 8. The third-order valence-electron chi connectivity index (χ3n) is 7.72. The first-order valence-electron chi connectivity index (χ1n) is 14.6. The number of ether oxygens (including phenoxy) is 1. The Balaban J connectivity index is 1.65. The van der Waals surface area contributed by atoms with E-state index in [4.69, 9.17) is 16.3 Å². The van der Waals surface area contributed by atoms with Crippen molar-refractivity contribution in [2.24, 2.45) is 5.92 Å². The highest BCUT2D eigenvalue weighted by Crippen LogP contribution is 2.38.